The normalized spacial score (nSPS) is 22.2. The monoisotopic (exact) mass is 381 g/mol. The molecule has 0 unspecified atom stereocenters. The number of halogens is 1. The molecule has 0 aromatic heterocycles. The van der Waals surface area contributed by atoms with Gasteiger partial charge < -0.3 is 9.80 Å². The summed E-state index contributed by atoms with van der Waals surface area (Å²) in [5.41, 5.74) is 1.21. The standard InChI is InChI=1S/C19H28ClN3OS/c1-25-13-7-19(24)23-8-3-6-18(15-23)22-11-9-21(10-12-22)17-5-2-4-16(20)14-17/h2,4-5,14,18H,3,6-13,15H2,1H3/t18-/m0/s1. The number of piperidine rings is 1. The van der Waals surface area contributed by atoms with Crippen LogP contribution in [0.4, 0.5) is 5.69 Å². The zero-order valence-electron chi connectivity index (χ0n) is 15.0. The Morgan fingerprint density at radius 1 is 1.24 bits per heavy atom. The summed E-state index contributed by atoms with van der Waals surface area (Å²) in [6.07, 6.45) is 5.08. The molecule has 0 saturated carbocycles. The highest BCUT2D eigenvalue weighted by atomic mass is 35.5. The predicted octanol–water partition coefficient (Wildman–Crippen LogP) is 3.21. The summed E-state index contributed by atoms with van der Waals surface area (Å²) in [5, 5.41) is 0.798. The van der Waals surface area contributed by atoms with Gasteiger partial charge in [0.1, 0.15) is 0 Å². The van der Waals surface area contributed by atoms with Crippen LogP contribution >= 0.6 is 23.4 Å². The summed E-state index contributed by atoms with van der Waals surface area (Å²) in [5.74, 6) is 1.26. The minimum atomic E-state index is 0.330. The fourth-order valence-electron chi connectivity index (χ4n) is 3.84. The van der Waals surface area contributed by atoms with Crippen LogP contribution in [0.25, 0.3) is 0 Å². The first-order chi connectivity index (χ1) is 12.2. The van der Waals surface area contributed by atoms with E-state index in [2.05, 4.69) is 27.0 Å². The Kier molecular flexibility index (Phi) is 6.91. The molecule has 0 N–H and O–H groups in total. The van der Waals surface area contributed by atoms with Gasteiger partial charge in [0.15, 0.2) is 0 Å². The number of thioether (sulfide) groups is 1. The molecule has 2 aliphatic heterocycles. The van der Waals surface area contributed by atoms with Crippen molar-refractivity contribution in [3.63, 3.8) is 0 Å². The van der Waals surface area contributed by atoms with Crippen LogP contribution in [0.15, 0.2) is 24.3 Å². The molecular formula is C19H28ClN3OS. The molecule has 3 rings (SSSR count). The van der Waals surface area contributed by atoms with Crippen LogP contribution in [0, 0.1) is 0 Å². The minimum absolute atomic E-state index is 0.330. The van der Waals surface area contributed by atoms with Crippen molar-refractivity contribution in [1.82, 2.24) is 9.80 Å². The summed E-state index contributed by atoms with van der Waals surface area (Å²) in [4.78, 5) is 19.4. The smallest absolute Gasteiger partial charge is 0.223 e. The number of amides is 1. The summed E-state index contributed by atoms with van der Waals surface area (Å²) >= 11 is 7.87. The number of carbonyl (C=O) groups excluding carboxylic acids is 1. The molecule has 1 aromatic rings. The van der Waals surface area contributed by atoms with Crippen LogP contribution in [-0.4, -0.2) is 73.0 Å². The van der Waals surface area contributed by atoms with Crippen molar-refractivity contribution < 1.29 is 4.79 Å². The fraction of sp³-hybridized carbons (Fsp3) is 0.632. The van der Waals surface area contributed by atoms with E-state index in [9.17, 15) is 4.79 Å². The molecule has 0 bridgehead atoms. The number of benzene rings is 1. The topological polar surface area (TPSA) is 26.8 Å². The number of hydrogen-bond acceptors (Lipinski definition) is 4. The van der Waals surface area contributed by atoms with Crippen molar-refractivity contribution in [3.05, 3.63) is 29.3 Å². The molecule has 0 spiro atoms. The van der Waals surface area contributed by atoms with Gasteiger partial charge in [0, 0.05) is 68.2 Å². The van der Waals surface area contributed by atoms with Crippen molar-refractivity contribution >= 4 is 35.0 Å². The SMILES string of the molecule is CSCCC(=O)N1CCC[C@H](N2CCN(c3cccc(Cl)c3)CC2)C1. The molecule has 2 heterocycles. The molecule has 1 atom stereocenters. The van der Waals surface area contributed by atoms with Gasteiger partial charge in [-0.05, 0) is 37.3 Å². The molecule has 0 aliphatic carbocycles. The van der Waals surface area contributed by atoms with Gasteiger partial charge in [-0.15, -0.1) is 0 Å². The zero-order valence-corrected chi connectivity index (χ0v) is 16.6. The largest absolute Gasteiger partial charge is 0.369 e. The molecular weight excluding hydrogens is 354 g/mol. The number of rotatable bonds is 5. The van der Waals surface area contributed by atoms with Crippen LogP contribution in [0.5, 0.6) is 0 Å². The van der Waals surface area contributed by atoms with Crippen molar-refractivity contribution in [2.24, 2.45) is 0 Å². The highest BCUT2D eigenvalue weighted by Crippen LogP contribution is 2.23. The average Bonchev–Trinajstić information content (AvgIpc) is 2.66. The second-order valence-corrected chi connectivity index (χ2v) is 8.30. The van der Waals surface area contributed by atoms with Crippen LogP contribution in [0.2, 0.25) is 5.02 Å². The maximum atomic E-state index is 12.3. The van der Waals surface area contributed by atoms with E-state index in [0.29, 0.717) is 18.4 Å². The second kappa shape index (κ2) is 9.15. The van der Waals surface area contributed by atoms with Crippen LogP contribution in [0.3, 0.4) is 0 Å². The van der Waals surface area contributed by atoms with E-state index in [0.717, 1.165) is 56.5 Å². The summed E-state index contributed by atoms with van der Waals surface area (Å²) in [6, 6.07) is 8.64. The van der Waals surface area contributed by atoms with Gasteiger partial charge in [-0.3, -0.25) is 9.69 Å². The molecule has 1 amide bonds. The Hall–Kier alpha value is -0.910. The van der Waals surface area contributed by atoms with Crippen LogP contribution in [0.1, 0.15) is 19.3 Å². The number of nitrogens with zero attached hydrogens (tertiary/aromatic N) is 3. The molecule has 6 heteroatoms. The van der Waals surface area contributed by atoms with Gasteiger partial charge in [-0.1, -0.05) is 17.7 Å². The number of anilines is 1. The third-order valence-electron chi connectivity index (χ3n) is 5.27. The number of piperazine rings is 1. The molecule has 2 aliphatic rings. The Labute approximate surface area is 160 Å². The summed E-state index contributed by atoms with van der Waals surface area (Å²) in [7, 11) is 0. The van der Waals surface area contributed by atoms with Crippen LogP contribution in [-0.2, 0) is 4.79 Å². The molecule has 2 saturated heterocycles. The van der Waals surface area contributed by atoms with Crippen molar-refractivity contribution in [1.29, 1.82) is 0 Å². The predicted molar refractivity (Wildman–Crippen MR) is 108 cm³/mol. The maximum absolute atomic E-state index is 12.3. The Morgan fingerprint density at radius 3 is 2.76 bits per heavy atom. The van der Waals surface area contributed by atoms with Gasteiger partial charge in [-0.25, -0.2) is 0 Å². The Bertz CT molecular complexity index is 578. The third kappa shape index (κ3) is 5.05. The lowest BCUT2D eigenvalue weighted by Crippen LogP contribution is -2.55. The fourth-order valence-corrected chi connectivity index (χ4v) is 4.41. The number of carbonyl (C=O) groups is 1. The first-order valence-electron chi connectivity index (χ1n) is 9.18. The molecule has 4 nitrogen and oxygen atoms in total. The van der Waals surface area contributed by atoms with Gasteiger partial charge in [0.05, 0.1) is 0 Å². The van der Waals surface area contributed by atoms with Gasteiger partial charge in [0.25, 0.3) is 0 Å². The molecule has 1 aromatic carbocycles. The summed E-state index contributed by atoms with van der Waals surface area (Å²) in [6.45, 7) is 6.01. The molecule has 2 fully saturated rings. The lowest BCUT2D eigenvalue weighted by atomic mass is 10.0. The van der Waals surface area contributed by atoms with Crippen molar-refractivity contribution in [2.45, 2.75) is 25.3 Å². The van der Waals surface area contributed by atoms with E-state index < -0.39 is 0 Å². The Morgan fingerprint density at radius 2 is 2.04 bits per heavy atom. The molecule has 0 radical (unpaired) electrons. The maximum Gasteiger partial charge on any atom is 0.223 e. The van der Waals surface area contributed by atoms with E-state index in [1.165, 1.54) is 12.1 Å². The quantitative estimate of drug-likeness (QED) is 0.782. The molecule has 25 heavy (non-hydrogen) atoms. The first-order valence-corrected chi connectivity index (χ1v) is 11.0. The van der Waals surface area contributed by atoms with Crippen molar-refractivity contribution in [3.8, 4) is 0 Å². The van der Waals surface area contributed by atoms with Crippen LogP contribution < -0.4 is 4.90 Å². The van der Waals surface area contributed by atoms with E-state index in [4.69, 9.17) is 11.6 Å². The average molecular weight is 382 g/mol. The number of likely N-dealkylation sites (tertiary alicyclic amines) is 1. The lowest BCUT2D eigenvalue weighted by molar-refractivity contribution is -0.132. The van der Waals surface area contributed by atoms with Gasteiger partial charge in [0.2, 0.25) is 5.91 Å². The van der Waals surface area contributed by atoms with Gasteiger partial charge >= 0.3 is 0 Å². The summed E-state index contributed by atoms with van der Waals surface area (Å²) < 4.78 is 0. The molecule has 138 valence electrons. The highest BCUT2D eigenvalue weighted by molar-refractivity contribution is 7.98. The second-order valence-electron chi connectivity index (χ2n) is 6.88. The first kappa shape index (κ1) is 18.9. The Balaban J connectivity index is 1.51. The highest BCUT2D eigenvalue weighted by Gasteiger charge is 2.29. The van der Waals surface area contributed by atoms with Crippen molar-refractivity contribution in [2.75, 3.05) is 56.2 Å². The van der Waals surface area contributed by atoms with Gasteiger partial charge in [-0.2, -0.15) is 11.8 Å². The third-order valence-corrected chi connectivity index (χ3v) is 6.12. The van der Waals surface area contributed by atoms with E-state index in [-0.39, 0.29) is 0 Å². The minimum Gasteiger partial charge on any atom is -0.369 e. The zero-order chi connectivity index (χ0) is 17.6. The van der Waals surface area contributed by atoms with E-state index in [1.807, 2.05) is 18.2 Å². The van der Waals surface area contributed by atoms with E-state index >= 15 is 0 Å². The van der Waals surface area contributed by atoms with E-state index in [1.54, 1.807) is 11.8 Å². The number of hydrogen-bond donors (Lipinski definition) is 0. The lowest BCUT2D eigenvalue weighted by Gasteiger charge is -2.44.